The zero-order chi connectivity index (χ0) is 14.3. The van der Waals surface area contributed by atoms with Crippen molar-refractivity contribution in [1.82, 2.24) is 4.90 Å². The summed E-state index contributed by atoms with van der Waals surface area (Å²) in [6, 6.07) is 7.62. The van der Waals surface area contributed by atoms with Crippen LogP contribution in [0.5, 0.6) is 0 Å². The second kappa shape index (κ2) is 7.53. The van der Waals surface area contributed by atoms with Crippen molar-refractivity contribution in [3.8, 4) is 0 Å². The molecule has 0 heterocycles. The van der Waals surface area contributed by atoms with E-state index in [1.54, 1.807) is 11.9 Å². The van der Waals surface area contributed by atoms with Gasteiger partial charge >= 0.3 is 5.97 Å². The maximum absolute atomic E-state index is 11.7. The molecule has 0 unspecified atom stereocenters. The Morgan fingerprint density at radius 1 is 1.37 bits per heavy atom. The fourth-order valence-corrected chi connectivity index (χ4v) is 1.77. The van der Waals surface area contributed by atoms with Crippen molar-refractivity contribution in [2.45, 2.75) is 19.8 Å². The standard InChI is InChI=1S/C14H20N2O3/c1-11-5-3-6-12(9-11)15-13(17)7-4-8-16(2)10-14(18)19/h3,5-6,9H,4,7-8,10H2,1-2H3,(H,15,17)(H,18,19). The van der Waals surface area contributed by atoms with E-state index in [1.807, 2.05) is 31.2 Å². The van der Waals surface area contributed by atoms with Crippen LogP contribution < -0.4 is 5.32 Å². The normalized spacial score (nSPS) is 10.5. The fourth-order valence-electron chi connectivity index (χ4n) is 1.77. The van der Waals surface area contributed by atoms with Gasteiger partial charge in [0.05, 0.1) is 6.54 Å². The number of carboxylic acids is 1. The molecule has 0 spiro atoms. The summed E-state index contributed by atoms with van der Waals surface area (Å²) in [5.41, 5.74) is 1.89. The number of likely N-dealkylation sites (N-methyl/N-ethyl adjacent to an activating group) is 1. The van der Waals surface area contributed by atoms with Crippen LogP contribution in [0.15, 0.2) is 24.3 Å². The van der Waals surface area contributed by atoms with Crippen molar-refractivity contribution < 1.29 is 14.7 Å². The van der Waals surface area contributed by atoms with Crippen LogP contribution in [0.3, 0.4) is 0 Å². The predicted octanol–water partition coefficient (Wildman–Crippen LogP) is 1.73. The van der Waals surface area contributed by atoms with Crippen molar-refractivity contribution in [3.63, 3.8) is 0 Å². The van der Waals surface area contributed by atoms with Crippen LogP contribution in [0, 0.1) is 6.92 Å². The van der Waals surface area contributed by atoms with Gasteiger partial charge in [-0.3, -0.25) is 14.5 Å². The van der Waals surface area contributed by atoms with Gasteiger partial charge in [-0.1, -0.05) is 12.1 Å². The van der Waals surface area contributed by atoms with E-state index >= 15 is 0 Å². The van der Waals surface area contributed by atoms with Crippen molar-refractivity contribution in [2.75, 3.05) is 25.5 Å². The zero-order valence-electron chi connectivity index (χ0n) is 11.3. The lowest BCUT2D eigenvalue weighted by Crippen LogP contribution is -2.27. The number of carboxylic acid groups (broad SMARTS) is 1. The molecule has 19 heavy (non-hydrogen) atoms. The Morgan fingerprint density at radius 3 is 2.74 bits per heavy atom. The SMILES string of the molecule is Cc1cccc(NC(=O)CCCN(C)CC(=O)O)c1. The molecule has 0 aromatic heterocycles. The fraction of sp³-hybridized carbons (Fsp3) is 0.429. The monoisotopic (exact) mass is 264 g/mol. The number of aliphatic carboxylic acids is 1. The minimum Gasteiger partial charge on any atom is -0.480 e. The average Bonchev–Trinajstić information content (AvgIpc) is 2.27. The maximum Gasteiger partial charge on any atom is 0.317 e. The first-order chi connectivity index (χ1) is 8.97. The zero-order valence-corrected chi connectivity index (χ0v) is 11.3. The maximum atomic E-state index is 11.7. The van der Waals surface area contributed by atoms with Crippen molar-refractivity contribution >= 4 is 17.6 Å². The second-order valence-electron chi connectivity index (χ2n) is 4.65. The van der Waals surface area contributed by atoms with E-state index in [-0.39, 0.29) is 12.5 Å². The second-order valence-corrected chi connectivity index (χ2v) is 4.65. The molecule has 1 amide bonds. The quantitative estimate of drug-likeness (QED) is 0.787. The Balaban J connectivity index is 2.27. The van der Waals surface area contributed by atoms with Crippen molar-refractivity contribution in [1.29, 1.82) is 0 Å². The number of carbonyl (C=O) groups is 2. The highest BCUT2D eigenvalue weighted by atomic mass is 16.4. The summed E-state index contributed by atoms with van der Waals surface area (Å²) < 4.78 is 0. The minimum absolute atomic E-state index is 0.000497. The Morgan fingerprint density at radius 2 is 2.11 bits per heavy atom. The molecule has 1 aromatic rings. The molecule has 0 fully saturated rings. The molecule has 0 aliphatic heterocycles. The third kappa shape index (κ3) is 6.57. The molecule has 104 valence electrons. The number of benzene rings is 1. The van der Waals surface area contributed by atoms with Gasteiger partial charge in [-0.05, 0) is 44.6 Å². The van der Waals surface area contributed by atoms with Crippen LogP contribution in [0.1, 0.15) is 18.4 Å². The number of rotatable bonds is 7. The topological polar surface area (TPSA) is 69.6 Å². The highest BCUT2D eigenvalue weighted by molar-refractivity contribution is 5.90. The molecular weight excluding hydrogens is 244 g/mol. The number of nitrogens with zero attached hydrogens (tertiary/aromatic N) is 1. The van der Waals surface area contributed by atoms with E-state index in [0.717, 1.165) is 11.3 Å². The van der Waals surface area contributed by atoms with Gasteiger partial charge in [0.1, 0.15) is 0 Å². The summed E-state index contributed by atoms with van der Waals surface area (Å²) in [4.78, 5) is 23.8. The summed E-state index contributed by atoms with van der Waals surface area (Å²) in [6.07, 6.45) is 1.03. The average molecular weight is 264 g/mol. The predicted molar refractivity (Wildman–Crippen MR) is 74.2 cm³/mol. The Hall–Kier alpha value is -1.88. The van der Waals surface area contributed by atoms with Gasteiger partial charge in [-0.2, -0.15) is 0 Å². The first-order valence-electron chi connectivity index (χ1n) is 6.24. The van der Waals surface area contributed by atoms with Crippen LogP contribution >= 0.6 is 0 Å². The third-order valence-electron chi connectivity index (χ3n) is 2.65. The molecule has 0 aliphatic rings. The van der Waals surface area contributed by atoms with Crippen LogP contribution in [0.4, 0.5) is 5.69 Å². The molecule has 1 aromatic carbocycles. The number of nitrogens with one attached hydrogen (secondary N) is 1. The lowest BCUT2D eigenvalue weighted by Gasteiger charge is -2.13. The Kier molecular flexibility index (Phi) is 6.02. The highest BCUT2D eigenvalue weighted by Crippen LogP contribution is 2.10. The van der Waals surface area contributed by atoms with E-state index < -0.39 is 5.97 Å². The molecule has 0 aliphatic carbocycles. The highest BCUT2D eigenvalue weighted by Gasteiger charge is 2.06. The molecule has 0 bridgehead atoms. The molecular formula is C14H20N2O3. The molecule has 0 saturated carbocycles. The third-order valence-corrected chi connectivity index (χ3v) is 2.65. The van der Waals surface area contributed by atoms with Crippen molar-refractivity contribution in [2.24, 2.45) is 0 Å². The molecule has 5 heteroatoms. The van der Waals surface area contributed by atoms with Crippen LogP contribution in [0.2, 0.25) is 0 Å². The van der Waals surface area contributed by atoms with E-state index in [1.165, 1.54) is 0 Å². The number of aryl methyl sites for hydroxylation is 1. The Labute approximate surface area is 113 Å². The minimum atomic E-state index is -0.855. The number of amides is 1. The number of anilines is 1. The van der Waals surface area contributed by atoms with Gasteiger partial charge in [-0.25, -0.2) is 0 Å². The van der Waals surface area contributed by atoms with E-state index in [0.29, 0.717) is 19.4 Å². The molecule has 0 atom stereocenters. The Bertz CT molecular complexity index is 446. The summed E-state index contributed by atoms with van der Waals surface area (Å²) >= 11 is 0. The summed E-state index contributed by atoms with van der Waals surface area (Å²) in [6.45, 7) is 2.56. The largest absolute Gasteiger partial charge is 0.480 e. The summed E-state index contributed by atoms with van der Waals surface area (Å²) in [7, 11) is 1.73. The first kappa shape index (κ1) is 15.2. The molecule has 5 nitrogen and oxygen atoms in total. The van der Waals surface area contributed by atoms with Crippen LogP contribution in [-0.2, 0) is 9.59 Å². The molecule has 0 saturated heterocycles. The molecule has 1 rings (SSSR count). The van der Waals surface area contributed by atoms with E-state index in [2.05, 4.69) is 5.32 Å². The van der Waals surface area contributed by atoms with Gasteiger partial charge < -0.3 is 10.4 Å². The van der Waals surface area contributed by atoms with Crippen LogP contribution in [0.25, 0.3) is 0 Å². The molecule has 0 radical (unpaired) electrons. The number of hydrogen-bond acceptors (Lipinski definition) is 3. The lowest BCUT2D eigenvalue weighted by atomic mass is 10.2. The smallest absolute Gasteiger partial charge is 0.317 e. The van der Waals surface area contributed by atoms with Gasteiger partial charge in [0, 0.05) is 12.1 Å². The lowest BCUT2D eigenvalue weighted by molar-refractivity contribution is -0.137. The summed E-state index contributed by atoms with van der Waals surface area (Å²) in [5.74, 6) is -0.902. The number of hydrogen-bond donors (Lipinski definition) is 2. The number of carbonyl (C=O) groups excluding carboxylic acids is 1. The van der Waals surface area contributed by atoms with Gasteiger partial charge in [0.15, 0.2) is 0 Å². The van der Waals surface area contributed by atoms with Crippen LogP contribution in [-0.4, -0.2) is 42.0 Å². The van der Waals surface area contributed by atoms with E-state index in [4.69, 9.17) is 5.11 Å². The van der Waals surface area contributed by atoms with Gasteiger partial charge in [0.2, 0.25) is 5.91 Å². The molecule has 2 N–H and O–H groups in total. The first-order valence-corrected chi connectivity index (χ1v) is 6.24. The van der Waals surface area contributed by atoms with E-state index in [9.17, 15) is 9.59 Å². The van der Waals surface area contributed by atoms with Gasteiger partial charge in [0.25, 0.3) is 0 Å². The van der Waals surface area contributed by atoms with Gasteiger partial charge in [-0.15, -0.1) is 0 Å². The van der Waals surface area contributed by atoms with Crippen molar-refractivity contribution in [3.05, 3.63) is 29.8 Å². The summed E-state index contributed by atoms with van der Waals surface area (Å²) in [5, 5.41) is 11.4.